The lowest BCUT2D eigenvalue weighted by Gasteiger charge is -2.17. The first-order valence-corrected chi connectivity index (χ1v) is 9.51. The van der Waals surface area contributed by atoms with Crippen molar-refractivity contribution in [2.45, 2.75) is 32.0 Å². The van der Waals surface area contributed by atoms with Gasteiger partial charge >= 0.3 is 6.36 Å². The third-order valence-electron chi connectivity index (χ3n) is 4.70. The minimum atomic E-state index is -4.72. The molecule has 1 atom stereocenters. The summed E-state index contributed by atoms with van der Waals surface area (Å²) >= 11 is 0. The highest BCUT2D eigenvalue weighted by atomic mass is 19.4. The minimum absolute atomic E-state index is 0.228. The number of aromatic nitrogens is 4. The standard InChI is InChI=1S/C21H20F3N5O/c1-14-7-9-25-16(11-14)8-10-26-19-5-6-20-27-13-18(29(20)28-19)15-3-2-4-17(12-15)30-21(22,23)24/h2,4-7,9,11-13,15H,3,8,10H2,1H3,(H,26,28). The van der Waals surface area contributed by atoms with Gasteiger partial charge in [0, 0.05) is 30.8 Å². The Morgan fingerprint density at radius 2 is 2.10 bits per heavy atom. The van der Waals surface area contributed by atoms with Gasteiger partial charge in [-0.15, -0.1) is 18.3 Å². The molecule has 0 aliphatic heterocycles. The fourth-order valence-corrected chi connectivity index (χ4v) is 3.35. The Labute approximate surface area is 171 Å². The van der Waals surface area contributed by atoms with E-state index in [2.05, 4.69) is 25.1 Å². The van der Waals surface area contributed by atoms with Crippen molar-refractivity contribution in [1.82, 2.24) is 19.6 Å². The van der Waals surface area contributed by atoms with E-state index in [1.165, 1.54) is 12.2 Å². The fraction of sp³-hybridized carbons (Fsp3) is 0.286. The van der Waals surface area contributed by atoms with Crippen LogP contribution in [0, 0.1) is 6.92 Å². The Balaban J connectivity index is 1.49. The number of halogens is 3. The predicted octanol–water partition coefficient (Wildman–Crippen LogP) is 4.55. The molecule has 4 rings (SSSR count). The number of ether oxygens (including phenoxy) is 1. The summed E-state index contributed by atoms with van der Waals surface area (Å²) in [7, 11) is 0. The van der Waals surface area contributed by atoms with Gasteiger partial charge < -0.3 is 10.1 Å². The smallest absolute Gasteiger partial charge is 0.406 e. The Morgan fingerprint density at radius 3 is 2.90 bits per heavy atom. The summed E-state index contributed by atoms with van der Waals surface area (Å²) in [6.45, 7) is 2.67. The molecule has 156 valence electrons. The van der Waals surface area contributed by atoms with Crippen LogP contribution in [0.2, 0.25) is 0 Å². The average Bonchev–Trinajstić information content (AvgIpc) is 3.10. The summed E-state index contributed by atoms with van der Waals surface area (Å²) in [5, 5.41) is 7.83. The Hall–Kier alpha value is -3.36. The van der Waals surface area contributed by atoms with Gasteiger partial charge in [0.15, 0.2) is 5.65 Å². The normalized spacial score (nSPS) is 16.5. The van der Waals surface area contributed by atoms with E-state index in [4.69, 9.17) is 0 Å². The van der Waals surface area contributed by atoms with Gasteiger partial charge in [0.25, 0.3) is 0 Å². The molecule has 0 bridgehead atoms. The van der Waals surface area contributed by atoms with Crippen LogP contribution in [0.4, 0.5) is 19.0 Å². The molecule has 1 aliphatic rings. The highest BCUT2D eigenvalue weighted by molar-refractivity contribution is 5.46. The summed E-state index contributed by atoms with van der Waals surface area (Å²) in [4.78, 5) is 8.66. The summed E-state index contributed by atoms with van der Waals surface area (Å²) in [6.07, 6.45) is 4.41. The van der Waals surface area contributed by atoms with Crippen LogP contribution in [-0.4, -0.2) is 32.5 Å². The zero-order chi connectivity index (χ0) is 21.1. The average molecular weight is 415 g/mol. The lowest BCUT2D eigenvalue weighted by Crippen LogP contribution is -2.15. The topological polar surface area (TPSA) is 64.3 Å². The number of hydrogen-bond donors (Lipinski definition) is 1. The fourth-order valence-electron chi connectivity index (χ4n) is 3.35. The second-order valence-corrected chi connectivity index (χ2v) is 7.03. The number of alkyl halides is 3. The van der Waals surface area contributed by atoms with Crippen LogP contribution in [0.25, 0.3) is 5.65 Å². The number of hydrogen-bond acceptors (Lipinski definition) is 5. The number of rotatable bonds is 6. The third kappa shape index (κ3) is 4.79. The summed E-state index contributed by atoms with van der Waals surface area (Å²) in [5.74, 6) is 0.103. The van der Waals surface area contributed by atoms with Gasteiger partial charge in [0.1, 0.15) is 11.6 Å². The highest BCUT2D eigenvalue weighted by Gasteiger charge is 2.32. The summed E-state index contributed by atoms with van der Waals surface area (Å²) in [5.41, 5.74) is 3.47. The van der Waals surface area contributed by atoms with Crippen LogP contribution in [-0.2, 0) is 11.2 Å². The van der Waals surface area contributed by atoms with E-state index in [1.54, 1.807) is 23.0 Å². The molecule has 0 fully saturated rings. The summed E-state index contributed by atoms with van der Waals surface area (Å²) in [6, 6.07) is 7.63. The number of nitrogens with zero attached hydrogens (tertiary/aromatic N) is 4. The van der Waals surface area contributed by atoms with Crippen molar-refractivity contribution in [3.63, 3.8) is 0 Å². The van der Waals surface area contributed by atoms with E-state index >= 15 is 0 Å². The first-order chi connectivity index (χ1) is 14.4. The van der Waals surface area contributed by atoms with Crippen molar-refractivity contribution in [3.8, 4) is 0 Å². The number of aryl methyl sites for hydroxylation is 1. The van der Waals surface area contributed by atoms with Gasteiger partial charge in [-0.3, -0.25) is 4.98 Å². The second kappa shape index (κ2) is 8.17. The molecule has 3 aromatic rings. The largest absolute Gasteiger partial charge is 0.573 e. The third-order valence-corrected chi connectivity index (χ3v) is 4.70. The van der Waals surface area contributed by atoms with Crippen molar-refractivity contribution in [3.05, 3.63) is 77.6 Å². The van der Waals surface area contributed by atoms with Crippen LogP contribution in [0.5, 0.6) is 0 Å². The van der Waals surface area contributed by atoms with Crippen LogP contribution < -0.4 is 5.32 Å². The van der Waals surface area contributed by atoms with Gasteiger partial charge in [-0.1, -0.05) is 6.08 Å². The quantitative estimate of drug-likeness (QED) is 0.640. The molecule has 3 aromatic heterocycles. The van der Waals surface area contributed by atoms with E-state index in [1.807, 2.05) is 31.2 Å². The molecule has 1 unspecified atom stereocenters. The molecule has 0 aromatic carbocycles. The zero-order valence-electron chi connectivity index (χ0n) is 16.2. The number of allylic oxidation sites excluding steroid dienone is 3. The molecule has 3 heterocycles. The van der Waals surface area contributed by atoms with Gasteiger partial charge in [-0.05, 0) is 55.3 Å². The number of imidazole rings is 1. The van der Waals surface area contributed by atoms with Gasteiger partial charge in [0.2, 0.25) is 0 Å². The molecule has 0 spiro atoms. The van der Waals surface area contributed by atoms with Crippen molar-refractivity contribution < 1.29 is 17.9 Å². The molecule has 0 radical (unpaired) electrons. The number of anilines is 1. The maximum Gasteiger partial charge on any atom is 0.573 e. The van der Waals surface area contributed by atoms with Gasteiger partial charge in [-0.2, -0.15) is 0 Å². The first-order valence-electron chi connectivity index (χ1n) is 9.51. The number of pyridine rings is 1. The molecular formula is C21H20F3N5O. The molecule has 0 saturated carbocycles. The van der Waals surface area contributed by atoms with Crippen LogP contribution in [0.15, 0.2) is 60.6 Å². The van der Waals surface area contributed by atoms with Crippen LogP contribution in [0.1, 0.15) is 29.3 Å². The molecule has 6 nitrogen and oxygen atoms in total. The van der Waals surface area contributed by atoms with E-state index in [-0.39, 0.29) is 11.7 Å². The Morgan fingerprint density at radius 1 is 1.23 bits per heavy atom. The molecular weight excluding hydrogens is 395 g/mol. The van der Waals surface area contributed by atoms with Gasteiger partial charge in [-0.25, -0.2) is 9.50 Å². The Bertz CT molecular complexity index is 1100. The predicted molar refractivity (Wildman–Crippen MR) is 106 cm³/mol. The van der Waals surface area contributed by atoms with Crippen LogP contribution in [0.3, 0.4) is 0 Å². The van der Waals surface area contributed by atoms with E-state index < -0.39 is 6.36 Å². The second-order valence-electron chi connectivity index (χ2n) is 7.03. The van der Waals surface area contributed by atoms with Gasteiger partial charge in [0.05, 0.1) is 11.9 Å². The van der Waals surface area contributed by atoms with Crippen molar-refractivity contribution >= 4 is 11.5 Å². The van der Waals surface area contributed by atoms with E-state index in [9.17, 15) is 13.2 Å². The molecule has 1 N–H and O–H groups in total. The molecule has 9 heteroatoms. The zero-order valence-corrected chi connectivity index (χ0v) is 16.2. The molecule has 1 aliphatic carbocycles. The summed E-state index contributed by atoms with van der Waals surface area (Å²) < 4.78 is 43.3. The highest BCUT2D eigenvalue weighted by Crippen LogP contribution is 2.31. The lowest BCUT2D eigenvalue weighted by molar-refractivity contribution is -0.303. The molecule has 30 heavy (non-hydrogen) atoms. The molecule has 0 saturated heterocycles. The Kier molecular flexibility index (Phi) is 5.43. The number of fused-ring (bicyclic) bond motifs is 1. The monoisotopic (exact) mass is 415 g/mol. The van der Waals surface area contributed by atoms with Crippen LogP contribution >= 0.6 is 0 Å². The van der Waals surface area contributed by atoms with E-state index in [0.29, 0.717) is 30.1 Å². The lowest BCUT2D eigenvalue weighted by atomic mass is 9.97. The van der Waals surface area contributed by atoms with Crippen molar-refractivity contribution in [2.75, 3.05) is 11.9 Å². The number of nitrogens with one attached hydrogen (secondary N) is 1. The maximum atomic E-state index is 12.5. The van der Waals surface area contributed by atoms with Crippen molar-refractivity contribution in [2.24, 2.45) is 0 Å². The van der Waals surface area contributed by atoms with E-state index in [0.717, 1.165) is 17.7 Å². The van der Waals surface area contributed by atoms with Crippen molar-refractivity contribution in [1.29, 1.82) is 0 Å². The SMILES string of the molecule is Cc1ccnc(CCNc2ccc3ncc(C4C=C(OC(F)(F)F)C=CC4)n3n2)c1. The first kappa shape index (κ1) is 19.9. The minimum Gasteiger partial charge on any atom is -0.406 e. The molecule has 0 amide bonds. The maximum absolute atomic E-state index is 12.5.